The fourth-order valence-corrected chi connectivity index (χ4v) is 2.32. The summed E-state index contributed by atoms with van der Waals surface area (Å²) < 4.78 is 0. The molecule has 0 atom stereocenters. The van der Waals surface area contributed by atoms with E-state index >= 15 is 0 Å². The van der Waals surface area contributed by atoms with Gasteiger partial charge in [0.15, 0.2) is 0 Å². The molecule has 1 aliphatic heterocycles. The Hall–Kier alpha value is -2.08. The van der Waals surface area contributed by atoms with Crippen LogP contribution < -0.4 is 4.90 Å². The van der Waals surface area contributed by atoms with E-state index in [9.17, 15) is 9.59 Å². The van der Waals surface area contributed by atoms with E-state index in [1.54, 1.807) is 9.80 Å². The maximum absolute atomic E-state index is 12.7. The van der Waals surface area contributed by atoms with E-state index in [0.717, 1.165) is 18.8 Å². The van der Waals surface area contributed by atoms with Crippen molar-refractivity contribution in [3.8, 4) is 0 Å². The van der Waals surface area contributed by atoms with E-state index in [1.165, 1.54) is 0 Å². The summed E-state index contributed by atoms with van der Waals surface area (Å²) in [5.41, 5.74) is 0.739. The lowest BCUT2D eigenvalue weighted by molar-refractivity contribution is -0.136. The monoisotopic (exact) mass is 291 g/mol. The van der Waals surface area contributed by atoms with Gasteiger partial charge in [-0.1, -0.05) is 18.2 Å². The average molecular weight is 291 g/mol. The minimum absolute atomic E-state index is 0.0611. The summed E-state index contributed by atoms with van der Waals surface area (Å²) >= 11 is 0. The summed E-state index contributed by atoms with van der Waals surface area (Å²) in [5, 5.41) is 8.88. The molecule has 1 fully saturated rings. The lowest BCUT2D eigenvalue weighted by Gasteiger charge is -2.36. The summed E-state index contributed by atoms with van der Waals surface area (Å²) in [6.07, 6.45) is -0.0611. The van der Waals surface area contributed by atoms with E-state index in [1.807, 2.05) is 37.4 Å². The number of carbonyl (C=O) groups excluding carboxylic acids is 1. The van der Waals surface area contributed by atoms with E-state index in [2.05, 4.69) is 4.90 Å². The van der Waals surface area contributed by atoms with Gasteiger partial charge in [-0.15, -0.1) is 0 Å². The van der Waals surface area contributed by atoms with E-state index in [0.29, 0.717) is 13.1 Å². The second-order valence-corrected chi connectivity index (χ2v) is 5.20. The largest absolute Gasteiger partial charge is 0.481 e. The van der Waals surface area contributed by atoms with Gasteiger partial charge in [-0.3, -0.25) is 9.69 Å². The Morgan fingerprint density at radius 1 is 1.14 bits per heavy atom. The van der Waals surface area contributed by atoms with Crippen LogP contribution in [0.1, 0.15) is 6.42 Å². The molecule has 0 aromatic heterocycles. The van der Waals surface area contributed by atoms with Gasteiger partial charge in [0.25, 0.3) is 0 Å². The molecule has 21 heavy (non-hydrogen) atoms. The number of anilines is 1. The Kier molecular flexibility index (Phi) is 5.16. The third-order valence-electron chi connectivity index (χ3n) is 3.62. The van der Waals surface area contributed by atoms with Gasteiger partial charge in [0.2, 0.25) is 0 Å². The second kappa shape index (κ2) is 7.08. The number of rotatable bonds is 4. The molecule has 114 valence electrons. The molecule has 1 heterocycles. The number of likely N-dealkylation sites (N-methyl/N-ethyl adjacent to an activating group) is 1. The number of hydrogen-bond acceptors (Lipinski definition) is 3. The molecule has 0 aliphatic carbocycles. The Balaban J connectivity index is 2.10. The van der Waals surface area contributed by atoms with Crippen LogP contribution in [0.25, 0.3) is 0 Å². The maximum Gasteiger partial charge on any atom is 0.324 e. The Labute approximate surface area is 124 Å². The Morgan fingerprint density at radius 3 is 2.33 bits per heavy atom. The van der Waals surface area contributed by atoms with Crippen LogP contribution in [0.3, 0.4) is 0 Å². The number of carboxylic acid groups (broad SMARTS) is 1. The number of urea groups is 1. The first kappa shape index (κ1) is 15.3. The van der Waals surface area contributed by atoms with Crippen molar-refractivity contribution in [1.82, 2.24) is 9.80 Å². The quantitative estimate of drug-likeness (QED) is 0.909. The molecule has 2 rings (SSSR count). The van der Waals surface area contributed by atoms with Crippen molar-refractivity contribution in [3.05, 3.63) is 30.3 Å². The summed E-state index contributed by atoms with van der Waals surface area (Å²) in [5.74, 6) is -0.901. The van der Waals surface area contributed by atoms with Gasteiger partial charge in [0.05, 0.1) is 6.42 Å². The number of carboxylic acids is 1. The number of hydrogen-bond donors (Lipinski definition) is 1. The summed E-state index contributed by atoms with van der Waals surface area (Å²) in [6.45, 7) is 3.21. The second-order valence-electron chi connectivity index (χ2n) is 5.20. The van der Waals surface area contributed by atoms with Crippen LogP contribution in [0, 0.1) is 0 Å². The van der Waals surface area contributed by atoms with Gasteiger partial charge in [0.1, 0.15) is 0 Å². The molecule has 2 amide bonds. The Morgan fingerprint density at radius 2 is 1.76 bits per heavy atom. The Bertz CT molecular complexity index is 484. The lowest BCUT2D eigenvalue weighted by atomic mass is 10.2. The van der Waals surface area contributed by atoms with Crippen molar-refractivity contribution < 1.29 is 14.7 Å². The third-order valence-corrected chi connectivity index (χ3v) is 3.62. The normalized spacial score (nSPS) is 15.8. The zero-order valence-corrected chi connectivity index (χ0v) is 12.2. The van der Waals surface area contributed by atoms with Crippen LogP contribution in [0.5, 0.6) is 0 Å². The fourth-order valence-electron chi connectivity index (χ4n) is 2.32. The van der Waals surface area contributed by atoms with E-state index in [-0.39, 0.29) is 19.0 Å². The SMILES string of the molecule is CN1CCN(C(=O)N(CCC(=O)O)c2ccccc2)CC1. The molecule has 1 N–H and O–H groups in total. The van der Waals surface area contributed by atoms with Crippen LogP contribution in [0.4, 0.5) is 10.5 Å². The van der Waals surface area contributed by atoms with Crippen molar-refractivity contribution in [2.24, 2.45) is 0 Å². The van der Waals surface area contributed by atoms with Crippen LogP contribution in [0.2, 0.25) is 0 Å². The lowest BCUT2D eigenvalue weighted by Crippen LogP contribution is -2.52. The van der Waals surface area contributed by atoms with Crippen LogP contribution >= 0.6 is 0 Å². The number of para-hydroxylation sites is 1. The van der Waals surface area contributed by atoms with Crippen LogP contribution in [-0.4, -0.2) is 66.7 Å². The average Bonchev–Trinajstić information content (AvgIpc) is 2.49. The molecule has 6 heteroatoms. The van der Waals surface area contributed by atoms with Crippen molar-refractivity contribution >= 4 is 17.7 Å². The predicted octanol–water partition coefficient (Wildman–Crippen LogP) is 1.34. The molecular weight excluding hydrogens is 270 g/mol. The van der Waals surface area contributed by atoms with E-state index < -0.39 is 5.97 Å². The molecule has 0 spiro atoms. The van der Waals surface area contributed by atoms with Gasteiger partial charge < -0.3 is 14.9 Å². The predicted molar refractivity (Wildman–Crippen MR) is 80.5 cm³/mol. The van der Waals surface area contributed by atoms with Gasteiger partial charge >= 0.3 is 12.0 Å². The van der Waals surface area contributed by atoms with Gasteiger partial charge in [-0.25, -0.2) is 4.79 Å². The highest BCUT2D eigenvalue weighted by Gasteiger charge is 2.25. The molecular formula is C15H21N3O3. The van der Waals surface area contributed by atoms with Crippen molar-refractivity contribution in [1.29, 1.82) is 0 Å². The molecule has 0 saturated carbocycles. The molecule has 1 aromatic carbocycles. The van der Waals surface area contributed by atoms with Crippen molar-refractivity contribution in [2.45, 2.75) is 6.42 Å². The van der Waals surface area contributed by atoms with Gasteiger partial charge in [0, 0.05) is 38.4 Å². The number of nitrogens with zero attached hydrogens (tertiary/aromatic N) is 3. The van der Waals surface area contributed by atoms with Crippen LogP contribution in [-0.2, 0) is 4.79 Å². The summed E-state index contributed by atoms with van der Waals surface area (Å²) in [4.78, 5) is 29.0. The number of piperazine rings is 1. The zero-order valence-electron chi connectivity index (χ0n) is 12.2. The highest BCUT2D eigenvalue weighted by molar-refractivity contribution is 5.92. The highest BCUT2D eigenvalue weighted by atomic mass is 16.4. The zero-order chi connectivity index (χ0) is 15.2. The van der Waals surface area contributed by atoms with Gasteiger partial charge in [-0.2, -0.15) is 0 Å². The number of carbonyl (C=O) groups is 2. The van der Waals surface area contributed by atoms with E-state index in [4.69, 9.17) is 5.11 Å². The minimum Gasteiger partial charge on any atom is -0.481 e. The fraction of sp³-hybridized carbons (Fsp3) is 0.467. The number of benzene rings is 1. The summed E-state index contributed by atoms with van der Waals surface area (Å²) in [6, 6.07) is 9.11. The van der Waals surface area contributed by atoms with Crippen molar-refractivity contribution in [2.75, 3.05) is 44.7 Å². The van der Waals surface area contributed by atoms with Crippen molar-refractivity contribution in [3.63, 3.8) is 0 Å². The third kappa shape index (κ3) is 4.19. The topological polar surface area (TPSA) is 64.1 Å². The van der Waals surface area contributed by atoms with Gasteiger partial charge in [-0.05, 0) is 19.2 Å². The molecule has 0 radical (unpaired) electrons. The molecule has 1 saturated heterocycles. The molecule has 0 unspecified atom stereocenters. The first-order chi connectivity index (χ1) is 10.1. The highest BCUT2D eigenvalue weighted by Crippen LogP contribution is 2.17. The first-order valence-corrected chi connectivity index (χ1v) is 7.10. The maximum atomic E-state index is 12.7. The molecule has 1 aromatic rings. The molecule has 6 nitrogen and oxygen atoms in total. The molecule has 0 bridgehead atoms. The van der Waals surface area contributed by atoms with Crippen LogP contribution in [0.15, 0.2) is 30.3 Å². The summed E-state index contributed by atoms with van der Waals surface area (Å²) in [7, 11) is 2.03. The smallest absolute Gasteiger partial charge is 0.324 e. The number of amides is 2. The minimum atomic E-state index is -0.901. The molecule has 1 aliphatic rings. The standard InChI is InChI=1S/C15H21N3O3/c1-16-9-11-17(12-10-16)15(21)18(8-7-14(19)20)13-5-3-2-4-6-13/h2-6H,7-12H2,1H3,(H,19,20). The number of aliphatic carboxylic acids is 1. The first-order valence-electron chi connectivity index (χ1n) is 7.10.